The zero-order chi connectivity index (χ0) is 17.1. The molecule has 1 aliphatic rings. The van der Waals surface area contributed by atoms with Crippen molar-refractivity contribution in [1.29, 1.82) is 0 Å². The molecule has 0 aliphatic heterocycles. The number of aromatic nitrogens is 1. The van der Waals surface area contributed by atoms with Gasteiger partial charge in [0.2, 0.25) is 0 Å². The Labute approximate surface area is 154 Å². The highest BCUT2D eigenvalue weighted by atomic mass is 79.9. The van der Waals surface area contributed by atoms with Crippen LogP contribution in [0, 0.1) is 0 Å². The summed E-state index contributed by atoms with van der Waals surface area (Å²) in [5.74, 6) is 0.178. The van der Waals surface area contributed by atoms with E-state index in [0.29, 0.717) is 23.0 Å². The minimum Gasteiger partial charge on any atom is -0.383 e. The Balaban J connectivity index is 2.02. The molecular weight excluding hydrogens is 388 g/mol. The predicted octanol–water partition coefficient (Wildman–Crippen LogP) is 3.82. The summed E-state index contributed by atoms with van der Waals surface area (Å²) >= 11 is 7.80. The van der Waals surface area contributed by atoms with Gasteiger partial charge in [-0.1, -0.05) is 18.9 Å². The lowest BCUT2D eigenvalue weighted by Gasteiger charge is -2.17. The van der Waals surface area contributed by atoms with Crippen LogP contribution in [0.5, 0.6) is 0 Å². The van der Waals surface area contributed by atoms with Crippen molar-refractivity contribution in [2.75, 3.05) is 5.32 Å². The van der Waals surface area contributed by atoms with Gasteiger partial charge in [-0.15, -0.1) is 12.6 Å². The summed E-state index contributed by atoms with van der Waals surface area (Å²) in [5, 5.41) is 3.45. The normalized spacial score (nSPS) is 15.7. The van der Waals surface area contributed by atoms with E-state index in [0.717, 1.165) is 22.2 Å². The molecule has 0 spiro atoms. The third-order valence-electron chi connectivity index (χ3n) is 4.08. The second kappa shape index (κ2) is 7.44. The number of pyridine rings is 1. The molecule has 1 aliphatic carbocycles. The fourth-order valence-corrected chi connectivity index (χ4v) is 3.57. The third kappa shape index (κ3) is 3.84. The molecule has 1 saturated carbocycles. The Kier molecular flexibility index (Phi) is 5.30. The van der Waals surface area contributed by atoms with E-state index in [9.17, 15) is 4.79 Å². The third-order valence-corrected chi connectivity index (χ3v) is 4.99. The molecule has 0 saturated heterocycles. The first-order valence-electron chi connectivity index (χ1n) is 7.86. The van der Waals surface area contributed by atoms with E-state index in [2.05, 4.69) is 43.9 Å². The van der Waals surface area contributed by atoms with Gasteiger partial charge in [-0.05, 0) is 47.0 Å². The summed E-state index contributed by atoms with van der Waals surface area (Å²) in [7, 11) is 0. The van der Waals surface area contributed by atoms with Crippen LogP contribution in [0.1, 0.15) is 31.2 Å². The van der Waals surface area contributed by atoms with Crippen LogP contribution in [-0.2, 0) is 0 Å². The number of amidine groups is 1. The molecule has 1 aromatic heterocycles. The Morgan fingerprint density at radius 2 is 2.12 bits per heavy atom. The Hall–Kier alpha value is -1.73. The molecule has 4 N–H and O–H groups in total. The van der Waals surface area contributed by atoms with Crippen molar-refractivity contribution in [3.05, 3.63) is 50.9 Å². The maximum atomic E-state index is 12.4. The molecule has 0 amide bonds. The summed E-state index contributed by atoms with van der Waals surface area (Å²) in [5.41, 5.74) is 7.63. The van der Waals surface area contributed by atoms with Gasteiger partial charge >= 0.3 is 0 Å². The SMILES string of the molecule is NC(=Nc1cccc(S)c1)c1c(NC2CCCC2)c(Br)c[nH]c1=O. The van der Waals surface area contributed by atoms with Crippen molar-refractivity contribution in [2.24, 2.45) is 10.7 Å². The molecule has 7 heteroatoms. The molecule has 1 heterocycles. The van der Waals surface area contributed by atoms with E-state index in [-0.39, 0.29) is 11.4 Å². The van der Waals surface area contributed by atoms with Gasteiger partial charge in [-0.3, -0.25) is 4.79 Å². The van der Waals surface area contributed by atoms with Gasteiger partial charge in [0.1, 0.15) is 11.4 Å². The molecular formula is C17H19BrN4OS. The van der Waals surface area contributed by atoms with Crippen LogP contribution in [0.4, 0.5) is 11.4 Å². The molecule has 126 valence electrons. The largest absolute Gasteiger partial charge is 0.383 e. The number of nitrogens with one attached hydrogen (secondary N) is 2. The summed E-state index contributed by atoms with van der Waals surface area (Å²) < 4.78 is 0.769. The quantitative estimate of drug-likeness (QED) is 0.353. The number of aromatic amines is 1. The number of hydrogen-bond acceptors (Lipinski definition) is 4. The van der Waals surface area contributed by atoms with Gasteiger partial charge in [-0.2, -0.15) is 0 Å². The number of nitrogens with two attached hydrogens (primary N) is 1. The maximum absolute atomic E-state index is 12.4. The molecule has 5 nitrogen and oxygen atoms in total. The van der Waals surface area contributed by atoms with E-state index in [4.69, 9.17) is 5.73 Å². The van der Waals surface area contributed by atoms with Crippen molar-refractivity contribution >= 4 is 45.8 Å². The van der Waals surface area contributed by atoms with E-state index in [1.807, 2.05) is 18.2 Å². The predicted molar refractivity (Wildman–Crippen MR) is 105 cm³/mol. The molecule has 0 atom stereocenters. The van der Waals surface area contributed by atoms with Crippen LogP contribution in [0.25, 0.3) is 0 Å². The number of hydrogen-bond donors (Lipinski definition) is 4. The van der Waals surface area contributed by atoms with Gasteiger partial charge in [0.05, 0.1) is 15.8 Å². The van der Waals surface area contributed by atoms with Gasteiger partial charge in [0, 0.05) is 17.1 Å². The summed E-state index contributed by atoms with van der Waals surface area (Å²) in [4.78, 5) is 20.2. The zero-order valence-electron chi connectivity index (χ0n) is 13.1. The highest BCUT2D eigenvalue weighted by Crippen LogP contribution is 2.29. The van der Waals surface area contributed by atoms with Crippen LogP contribution in [0.15, 0.2) is 49.6 Å². The number of nitrogens with zero attached hydrogens (tertiary/aromatic N) is 1. The number of rotatable bonds is 4. The van der Waals surface area contributed by atoms with Crippen molar-refractivity contribution in [3.63, 3.8) is 0 Å². The number of aliphatic imine (C=N–C) groups is 1. The molecule has 1 fully saturated rings. The van der Waals surface area contributed by atoms with E-state index < -0.39 is 0 Å². The van der Waals surface area contributed by atoms with Gasteiger partial charge in [0.15, 0.2) is 0 Å². The Bertz CT molecular complexity index is 828. The molecule has 2 aromatic rings. The molecule has 0 radical (unpaired) electrons. The average molecular weight is 407 g/mol. The first-order valence-corrected chi connectivity index (χ1v) is 9.10. The van der Waals surface area contributed by atoms with Gasteiger partial charge in [-0.25, -0.2) is 4.99 Å². The van der Waals surface area contributed by atoms with Crippen molar-refractivity contribution in [3.8, 4) is 0 Å². The topological polar surface area (TPSA) is 83.3 Å². The fraction of sp³-hybridized carbons (Fsp3) is 0.294. The minimum absolute atomic E-state index is 0.178. The number of benzene rings is 1. The number of anilines is 1. The summed E-state index contributed by atoms with van der Waals surface area (Å²) in [6.45, 7) is 0. The second-order valence-electron chi connectivity index (χ2n) is 5.86. The van der Waals surface area contributed by atoms with E-state index in [1.54, 1.807) is 12.3 Å². The molecule has 0 unspecified atom stereocenters. The number of thiol groups is 1. The first kappa shape index (κ1) is 17.1. The van der Waals surface area contributed by atoms with Crippen molar-refractivity contribution in [2.45, 2.75) is 36.6 Å². The lowest BCUT2D eigenvalue weighted by Crippen LogP contribution is -2.28. The lowest BCUT2D eigenvalue weighted by atomic mass is 10.1. The molecule has 24 heavy (non-hydrogen) atoms. The molecule has 0 bridgehead atoms. The smallest absolute Gasteiger partial charge is 0.261 e. The van der Waals surface area contributed by atoms with E-state index in [1.165, 1.54) is 12.8 Å². The minimum atomic E-state index is -0.262. The monoisotopic (exact) mass is 406 g/mol. The van der Waals surface area contributed by atoms with E-state index >= 15 is 0 Å². The van der Waals surface area contributed by atoms with Gasteiger partial charge in [0.25, 0.3) is 5.56 Å². The fourth-order valence-electron chi connectivity index (χ4n) is 2.92. The van der Waals surface area contributed by atoms with Gasteiger partial charge < -0.3 is 16.0 Å². The summed E-state index contributed by atoms with van der Waals surface area (Å²) in [6.07, 6.45) is 6.22. The molecule has 3 rings (SSSR count). The van der Waals surface area contributed by atoms with Crippen LogP contribution in [0.3, 0.4) is 0 Å². The standard InChI is InChI=1S/C17H19BrN4OS/c18-13-9-20-17(23)14(15(13)21-10-4-1-2-5-10)16(19)22-11-6-3-7-12(24)8-11/h3,6-10,24H,1-2,4-5H2,(H2,19,22)(H2,20,21,23). The summed E-state index contributed by atoms with van der Waals surface area (Å²) in [6, 6.07) is 7.68. The van der Waals surface area contributed by atoms with Crippen LogP contribution >= 0.6 is 28.6 Å². The van der Waals surface area contributed by atoms with Crippen molar-refractivity contribution in [1.82, 2.24) is 4.98 Å². The Morgan fingerprint density at radius 3 is 2.83 bits per heavy atom. The Morgan fingerprint density at radius 1 is 1.38 bits per heavy atom. The van der Waals surface area contributed by atoms with Crippen molar-refractivity contribution < 1.29 is 0 Å². The number of H-pyrrole nitrogens is 1. The molecule has 1 aromatic carbocycles. The van der Waals surface area contributed by atoms with Crippen LogP contribution < -0.4 is 16.6 Å². The highest BCUT2D eigenvalue weighted by molar-refractivity contribution is 9.10. The van der Waals surface area contributed by atoms with Crippen LogP contribution in [0.2, 0.25) is 0 Å². The van der Waals surface area contributed by atoms with Crippen LogP contribution in [-0.4, -0.2) is 16.9 Å². The lowest BCUT2D eigenvalue weighted by molar-refractivity contribution is 0.754. The highest BCUT2D eigenvalue weighted by Gasteiger charge is 2.21. The zero-order valence-corrected chi connectivity index (χ0v) is 15.5. The first-order chi connectivity index (χ1) is 11.5. The number of halogens is 1. The second-order valence-corrected chi connectivity index (χ2v) is 7.23. The maximum Gasteiger partial charge on any atom is 0.261 e. The average Bonchev–Trinajstić information content (AvgIpc) is 3.04.